The van der Waals surface area contributed by atoms with Crippen LogP contribution in [-0.4, -0.2) is 12.5 Å². The van der Waals surface area contributed by atoms with Crippen LogP contribution in [-0.2, 0) is 4.79 Å². The summed E-state index contributed by atoms with van der Waals surface area (Å²) in [5.74, 6) is 0.000101. The average Bonchev–Trinajstić information content (AvgIpc) is 2.22. The van der Waals surface area contributed by atoms with Gasteiger partial charge in [0.2, 0.25) is 0 Å². The third kappa shape index (κ3) is 6.24. The summed E-state index contributed by atoms with van der Waals surface area (Å²) in [5.41, 5.74) is 1.03. The van der Waals surface area contributed by atoms with E-state index in [0.717, 1.165) is 19.4 Å². The highest BCUT2D eigenvalue weighted by Crippen LogP contribution is 2.19. The quantitative estimate of drug-likeness (QED) is 0.754. The van der Waals surface area contributed by atoms with Gasteiger partial charge in [0.05, 0.1) is 0 Å². The minimum Gasteiger partial charge on any atom is -0.352 e. The normalized spacial score (nSPS) is 18.5. The van der Waals surface area contributed by atoms with E-state index in [1.54, 1.807) is 0 Å². The Morgan fingerprint density at radius 2 is 1.78 bits per heavy atom. The van der Waals surface area contributed by atoms with Gasteiger partial charge in [-0.25, -0.2) is 0 Å². The zero-order valence-corrected chi connectivity index (χ0v) is 11.6. The van der Waals surface area contributed by atoms with Gasteiger partial charge in [-0.2, -0.15) is 0 Å². The van der Waals surface area contributed by atoms with Crippen LogP contribution < -0.4 is 5.32 Å². The SMILES string of the molecule is CC(C)(C)CCCNC(=O)C1=C/C=C\C=C/C=C1. The van der Waals surface area contributed by atoms with E-state index in [0.29, 0.717) is 11.0 Å². The number of amides is 1. The highest BCUT2D eigenvalue weighted by molar-refractivity contribution is 5.96. The third-order valence-electron chi connectivity index (χ3n) is 2.65. The number of carbonyl (C=O) groups is 1. The summed E-state index contributed by atoms with van der Waals surface area (Å²) < 4.78 is 0. The van der Waals surface area contributed by atoms with Crippen LogP contribution >= 0.6 is 0 Å². The summed E-state index contributed by atoms with van der Waals surface area (Å²) >= 11 is 0. The Labute approximate surface area is 110 Å². The molecule has 1 aliphatic carbocycles. The van der Waals surface area contributed by atoms with Gasteiger partial charge in [-0.3, -0.25) is 4.79 Å². The van der Waals surface area contributed by atoms with Crippen molar-refractivity contribution < 1.29 is 4.79 Å². The Morgan fingerprint density at radius 3 is 2.50 bits per heavy atom. The zero-order chi connectivity index (χ0) is 13.4. The summed E-state index contributed by atoms with van der Waals surface area (Å²) in [6.07, 6.45) is 15.3. The van der Waals surface area contributed by atoms with Gasteiger partial charge in [0.15, 0.2) is 0 Å². The number of carbonyl (C=O) groups excluding carboxylic acids is 1. The summed E-state index contributed by atoms with van der Waals surface area (Å²) in [4.78, 5) is 11.9. The molecule has 18 heavy (non-hydrogen) atoms. The third-order valence-corrected chi connectivity index (χ3v) is 2.65. The summed E-state index contributed by atoms with van der Waals surface area (Å²) in [7, 11) is 0. The predicted octanol–water partition coefficient (Wildman–Crippen LogP) is 3.54. The van der Waals surface area contributed by atoms with Crippen molar-refractivity contribution in [3.63, 3.8) is 0 Å². The molecule has 2 nitrogen and oxygen atoms in total. The molecule has 0 saturated heterocycles. The van der Waals surface area contributed by atoms with E-state index in [1.807, 2.05) is 42.5 Å². The van der Waals surface area contributed by atoms with Crippen molar-refractivity contribution in [2.24, 2.45) is 5.41 Å². The molecule has 0 spiro atoms. The number of allylic oxidation sites excluding steroid dienone is 6. The van der Waals surface area contributed by atoms with E-state index in [2.05, 4.69) is 26.1 Å². The Morgan fingerprint density at radius 1 is 1.11 bits per heavy atom. The van der Waals surface area contributed by atoms with Crippen LogP contribution in [0.1, 0.15) is 33.6 Å². The zero-order valence-electron chi connectivity index (χ0n) is 11.6. The molecule has 0 aromatic rings. The molecule has 0 aliphatic heterocycles. The largest absolute Gasteiger partial charge is 0.352 e. The Kier molecular flexibility index (Phi) is 5.63. The van der Waals surface area contributed by atoms with E-state index in [9.17, 15) is 4.79 Å². The lowest BCUT2D eigenvalue weighted by molar-refractivity contribution is -0.117. The number of nitrogens with one attached hydrogen (secondary N) is 1. The molecule has 1 aliphatic rings. The molecular formula is C16H23NO. The topological polar surface area (TPSA) is 29.1 Å². The van der Waals surface area contributed by atoms with Gasteiger partial charge in [-0.1, -0.05) is 51.2 Å². The standard InChI is InChI=1S/C16H23NO/c1-16(2,3)12-9-13-17-15(18)14-10-7-5-4-6-8-11-14/h4-8,10-11H,9,12-13H2,1-3H3,(H,17,18)/b5-4-,6-4?,7-5?,8-6-,10-7?,11-8?,14-10?,14-11?. The number of rotatable bonds is 4. The first-order valence-corrected chi connectivity index (χ1v) is 6.49. The molecule has 0 bridgehead atoms. The highest BCUT2D eigenvalue weighted by Gasteiger charge is 2.10. The van der Waals surface area contributed by atoms with Crippen LogP contribution in [0.5, 0.6) is 0 Å². The van der Waals surface area contributed by atoms with Crippen molar-refractivity contribution in [1.29, 1.82) is 0 Å². The highest BCUT2D eigenvalue weighted by atomic mass is 16.1. The molecular weight excluding hydrogens is 222 g/mol. The van der Waals surface area contributed by atoms with Gasteiger partial charge in [0, 0.05) is 12.1 Å². The van der Waals surface area contributed by atoms with Crippen LogP contribution in [0.25, 0.3) is 0 Å². The molecule has 2 heteroatoms. The summed E-state index contributed by atoms with van der Waals surface area (Å²) in [6.45, 7) is 7.38. The van der Waals surface area contributed by atoms with Crippen molar-refractivity contribution in [2.45, 2.75) is 33.6 Å². The first-order valence-electron chi connectivity index (χ1n) is 6.49. The molecule has 1 amide bonds. The van der Waals surface area contributed by atoms with Crippen molar-refractivity contribution in [3.8, 4) is 0 Å². The van der Waals surface area contributed by atoms with E-state index >= 15 is 0 Å². The van der Waals surface area contributed by atoms with Crippen molar-refractivity contribution in [1.82, 2.24) is 5.32 Å². The van der Waals surface area contributed by atoms with E-state index in [4.69, 9.17) is 0 Å². The second-order valence-corrected chi connectivity index (χ2v) is 5.67. The smallest absolute Gasteiger partial charge is 0.251 e. The van der Waals surface area contributed by atoms with E-state index in [1.165, 1.54) is 0 Å². The van der Waals surface area contributed by atoms with Crippen LogP contribution in [0.15, 0.2) is 48.1 Å². The van der Waals surface area contributed by atoms with Crippen molar-refractivity contribution in [3.05, 3.63) is 48.1 Å². The van der Waals surface area contributed by atoms with Crippen LogP contribution in [0.2, 0.25) is 0 Å². The predicted molar refractivity (Wildman–Crippen MR) is 77.2 cm³/mol. The van der Waals surface area contributed by atoms with Gasteiger partial charge in [0.25, 0.3) is 5.91 Å². The van der Waals surface area contributed by atoms with E-state index < -0.39 is 0 Å². The maximum atomic E-state index is 11.9. The molecule has 0 unspecified atom stereocenters. The molecule has 98 valence electrons. The fraction of sp³-hybridized carbons (Fsp3) is 0.438. The second-order valence-electron chi connectivity index (χ2n) is 5.67. The minimum atomic E-state index is 0.000101. The summed E-state index contributed by atoms with van der Waals surface area (Å²) in [5, 5.41) is 2.96. The van der Waals surface area contributed by atoms with Crippen LogP contribution in [0, 0.1) is 5.41 Å². The first kappa shape index (κ1) is 14.5. The average molecular weight is 245 g/mol. The van der Waals surface area contributed by atoms with Crippen LogP contribution in [0.4, 0.5) is 0 Å². The molecule has 0 heterocycles. The molecule has 1 rings (SSSR count). The Bertz CT molecular complexity index is 392. The first-order chi connectivity index (χ1) is 8.49. The van der Waals surface area contributed by atoms with Gasteiger partial charge in [0.1, 0.15) is 0 Å². The number of hydrogen-bond donors (Lipinski definition) is 1. The number of hydrogen-bond acceptors (Lipinski definition) is 1. The molecule has 0 radical (unpaired) electrons. The van der Waals surface area contributed by atoms with Crippen molar-refractivity contribution in [2.75, 3.05) is 6.54 Å². The maximum Gasteiger partial charge on any atom is 0.251 e. The molecule has 0 aromatic carbocycles. The minimum absolute atomic E-state index is 0.000101. The van der Waals surface area contributed by atoms with Gasteiger partial charge >= 0.3 is 0 Å². The fourth-order valence-electron chi connectivity index (χ4n) is 1.64. The van der Waals surface area contributed by atoms with E-state index in [-0.39, 0.29) is 5.91 Å². The lowest BCUT2D eigenvalue weighted by atomic mass is 9.91. The molecule has 0 atom stereocenters. The van der Waals surface area contributed by atoms with Gasteiger partial charge < -0.3 is 5.32 Å². The Balaban J connectivity index is 2.37. The van der Waals surface area contributed by atoms with Gasteiger partial charge in [-0.15, -0.1) is 0 Å². The van der Waals surface area contributed by atoms with Crippen LogP contribution in [0.3, 0.4) is 0 Å². The second kappa shape index (κ2) is 7.00. The Hall–Kier alpha value is -1.57. The monoisotopic (exact) mass is 245 g/mol. The maximum absolute atomic E-state index is 11.9. The van der Waals surface area contributed by atoms with Gasteiger partial charge in [-0.05, 0) is 30.4 Å². The molecule has 0 saturated carbocycles. The molecule has 1 N–H and O–H groups in total. The molecule has 0 aromatic heterocycles. The molecule has 0 fully saturated rings. The summed E-state index contributed by atoms with van der Waals surface area (Å²) in [6, 6.07) is 0. The van der Waals surface area contributed by atoms with Crippen molar-refractivity contribution >= 4 is 5.91 Å². The lowest BCUT2D eigenvalue weighted by Gasteiger charge is -2.17. The lowest BCUT2D eigenvalue weighted by Crippen LogP contribution is -2.26. The fourth-order valence-corrected chi connectivity index (χ4v) is 1.64.